The number of hydrogen-bond donors (Lipinski definition) is 2. The van der Waals surface area contributed by atoms with Gasteiger partial charge < -0.3 is 15.8 Å². The van der Waals surface area contributed by atoms with Crippen LogP contribution in [0.15, 0.2) is 48.8 Å². The molecule has 1 aliphatic rings. The monoisotopic (exact) mass is 311 g/mol. The number of carbonyl (C=O) groups excluding carboxylic acids is 1. The first-order chi connectivity index (χ1) is 11.3. The Morgan fingerprint density at radius 2 is 2.04 bits per heavy atom. The molecule has 0 bridgehead atoms. The molecule has 2 unspecified atom stereocenters. The number of rotatable bonds is 5. The van der Waals surface area contributed by atoms with E-state index >= 15 is 0 Å². The lowest BCUT2D eigenvalue weighted by atomic mass is 10.0. The second kappa shape index (κ2) is 7.24. The lowest BCUT2D eigenvalue weighted by Gasteiger charge is -2.19. The van der Waals surface area contributed by atoms with Gasteiger partial charge in [0.2, 0.25) is 0 Å². The van der Waals surface area contributed by atoms with Crippen LogP contribution < -0.4 is 15.8 Å². The molecule has 1 aliphatic carbocycles. The zero-order valence-corrected chi connectivity index (χ0v) is 12.9. The van der Waals surface area contributed by atoms with Gasteiger partial charge in [-0.25, -0.2) is 0 Å². The largest absolute Gasteiger partial charge is 0.456 e. The fourth-order valence-corrected chi connectivity index (χ4v) is 2.98. The molecule has 1 saturated carbocycles. The topological polar surface area (TPSA) is 77.2 Å². The smallest absolute Gasteiger partial charge is 0.251 e. The number of nitrogens with zero attached hydrogens (tertiary/aromatic N) is 1. The van der Waals surface area contributed by atoms with Crippen LogP contribution >= 0.6 is 0 Å². The summed E-state index contributed by atoms with van der Waals surface area (Å²) >= 11 is 0. The van der Waals surface area contributed by atoms with Crippen LogP contribution in [0.25, 0.3) is 0 Å². The first-order valence-corrected chi connectivity index (χ1v) is 7.95. The van der Waals surface area contributed by atoms with Crippen LogP contribution in [0.3, 0.4) is 0 Å². The summed E-state index contributed by atoms with van der Waals surface area (Å²) in [5.74, 6) is 1.69. The fraction of sp³-hybridized carbons (Fsp3) is 0.333. The van der Waals surface area contributed by atoms with E-state index in [1.54, 1.807) is 36.7 Å². The summed E-state index contributed by atoms with van der Waals surface area (Å²) in [5.41, 5.74) is 6.39. The highest BCUT2D eigenvalue weighted by Crippen LogP contribution is 2.25. The van der Waals surface area contributed by atoms with E-state index in [9.17, 15) is 4.79 Å². The Balaban J connectivity index is 1.61. The number of ether oxygens (including phenoxy) is 1. The maximum Gasteiger partial charge on any atom is 0.251 e. The Hall–Kier alpha value is -2.40. The average molecular weight is 311 g/mol. The summed E-state index contributed by atoms with van der Waals surface area (Å²) in [6, 6.07) is 11.0. The molecule has 3 N–H and O–H groups in total. The number of nitrogens with one attached hydrogen (secondary N) is 1. The zero-order chi connectivity index (χ0) is 16.1. The number of aromatic nitrogens is 1. The van der Waals surface area contributed by atoms with Crippen molar-refractivity contribution in [3.8, 4) is 11.5 Å². The quantitative estimate of drug-likeness (QED) is 0.890. The average Bonchev–Trinajstić information content (AvgIpc) is 3.03. The number of hydrogen-bond acceptors (Lipinski definition) is 4. The van der Waals surface area contributed by atoms with Gasteiger partial charge in [0.25, 0.3) is 5.91 Å². The molecule has 5 nitrogen and oxygen atoms in total. The van der Waals surface area contributed by atoms with E-state index in [-0.39, 0.29) is 11.9 Å². The van der Waals surface area contributed by atoms with Crippen molar-refractivity contribution in [1.29, 1.82) is 0 Å². The highest BCUT2D eigenvalue weighted by molar-refractivity contribution is 5.94. The molecule has 1 aromatic carbocycles. The van der Waals surface area contributed by atoms with Gasteiger partial charge in [-0.1, -0.05) is 6.42 Å². The highest BCUT2D eigenvalue weighted by atomic mass is 16.5. The predicted octanol–water partition coefficient (Wildman–Crippen LogP) is 2.73. The second-order valence-electron chi connectivity index (χ2n) is 5.82. The van der Waals surface area contributed by atoms with Crippen molar-refractivity contribution in [1.82, 2.24) is 10.3 Å². The molecule has 5 heteroatoms. The van der Waals surface area contributed by atoms with Crippen LogP contribution in [0, 0.1) is 5.92 Å². The van der Waals surface area contributed by atoms with E-state index < -0.39 is 0 Å². The van der Waals surface area contributed by atoms with Gasteiger partial charge in [0, 0.05) is 17.8 Å². The molecule has 1 amide bonds. The molecule has 120 valence electrons. The van der Waals surface area contributed by atoms with E-state index in [0.717, 1.165) is 19.3 Å². The number of benzene rings is 1. The van der Waals surface area contributed by atoms with Crippen molar-refractivity contribution >= 4 is 5.91 Å². The van der Waals surface area contributed by atoms with Crippen molar-refractivity contribution < 1.29 is 9.53 Å². The van der Waals surface area contributed by atoms with E-state index in [1.807, 2.05) is 12.1 Å². The molecule has 0 saturated heterocycles. The molecule has 0 spiro atoms. The van der Waals surface area contributed by atoms with E-state index in [4.69, 9.17) is 10.5 Å². The first kappa shape index (κ1) is 15.5. The first-order valence-electron chi connectivity index (χ1n) is 7.95. The number of nitrogens with two attached hydrogens (primary N) is 1. The lowest BCUT2D eigenvalue weighted by Crippen LogP contribution is -2.39. The summed E-state index contributed by atoms with van der Waals surface area (Å²) < 4.78 is 5.67. The number of amides is 1. The summed E-state index contributed by atoms with van der Waals surface area (Å²) in [6.07, 6.45) is 6.57. The van der Waals surface area contributed by atoms with Gasteiger partial charge in [-0.3, -0.25) is 9.78 Å². The third-order valence-corrected chi connectivity index (χ3v) is 4.26. The van der Waals surface area contributed by atoms with Gasteiger partial charge in [0.1, 0.15) is 11.5 Å². The van der Waals surface area contributed by atoms with E-state index in [2.05, 4.69) is 10.3 Å². The molecule has 1 heterocycles. The number of pyridine rings is 1. The van der Waals surface area contributed by atoms with Gasteiger partial charge in [-0.15, -0.1) is 0 Å². The Labute approximate surface area is 135 Å². The highest BCUT2D eigenvalue weighted by Gasteiger charge is 2.27. The molecule has 1 fully saturated rings. The predicted molar refractivity (Wildman–Crippen MR) is 88.4 cm³/mol. The molecule has 0 radical (unpaired) electrons. The third-order valence-electron chi connectivity index (χ3n) is 4.26. The zero-order valence-electron chi connectivity index (χ0n) is 12.9. The van der Waals surface area contributed by atoms with Crippen LogP contribution in [0.1, 0.15) is 29.6 Å². The van der Waals surface area contributed by atoms with E-state index in [0.29, 0.717) is 29.5 Å². The van der Waals surface area contributed by atoms with E-state index in [1.165, 1.54) is 0 Å². The summed E-state index contributed by atoms with van der Waals surface area (Å²) in [5, 5.41) is 3.10. The number of carbonyl (C=O) groups is 1. The van der Waals surface area contributed by atoms with Crippen LogP contribution in [0.5, 0.6) is 11.5 Å². The van der Waals surface area contributed by atoms with Crippen LogP contribution in [0.2, 0.25) is 0 Å². The van der Waals surface area contributed by atoms with Crippen molar-refractivity contribution in [3.63, 3.8) is 0 Å². The lowest BCUT2D eigenvalue weighted by molar-refractivity contribution is 0.0929. The molecular formula is C18H21N3O2. The van der Waals surface area contributed by atoms with Gasteiger partial charge in [-0.2, -0.15) is 0 Å². The minimum atomic E-state index is -0.0525. The Kier molecular flexibility index (Phi) is 4.88. The minimum absolute atomic E-state index is 0.0525. The molecule has 2 atom stereocenters. The molecule has 2 aromatic rings. The third kappa shape index (κ3) is 3.87. The Morgan fingerprint density at radius 3 is 2.74 bits per heavy atom. The maximum absolute atomic E-state index is 12.3. The maximum atomic E-state index is 12.3. The van der Waals surface area contributed by atoms with Crippen molar-refractivity contribution in [3.05, 3.63) is 54.4 Å². The minimum Gasteiger partial charge on any atom is -0.456 e. The fourth-order valence-electron chi connectivity index (χ4n) is 2.98. The second-order valence-corrected chi connectivity index (χ2v) is 5.82. The van der Waals surface area contributed by atoms with Crippen molar-refractivity contribution in [2.24, 2.45) is 11.7 Å². The van der Waals surface area contributed by atoms with Crippen LogP contribution in [-0.2, 0) is 0 Å². The molecule has 23 heavy (non-hydrogen) atoms. The standard InChI is InChI=1S/C18H21N3O2/c19-11-14-3-1-5-17(14)21-18(22)13-6-8-15(9-7-13)23-16-4-2-10-20-12-16/h2,4,6-10,12,14,17H,1,3,5,11,19H2,(H,21,22). The normalized spacial score (nSPS) is 20.2. The molecule has 0 aliphatic heterocycles. The van der Waals surface area contributed by atoms with Crippen molar-refractivity contribution in [2.45, 2.75) is 25.3 Å². The van der Waals surface area contributed by atoms with Gasteiger partial charge in [0.05, 0.1) is 6.20 Å². The molecule has 3 rings (SSSR count). The summed E-state index contributed by atoms with van der Waals surface area (Å²) in [6.45, 7) is 0.628. The van der Waals surface area contributed by atoms with Crippen LogP contribution in [-0.4, -0.2) is 23.5 Å². The Morgan fingerprint density at radius 1 is 1.22 bits per heavy atom. The molecule has 1 aromatic heterocycles. The SMILES string of the molecule is NCC1CCCC1NC(=O)c1ccc(Oc2cccnc2)cc1. The Bertz CT molecular complexity index is 643. The van der Waals surface area contributed by atoms with Gasteiger partial charge in [0.15, 0.2) is 0 Å². The van der Waals surface area contributed by atoms with Crippen molar-refractivity contribution in [2.75, 3.05) is 6.54 Å². The summed E-state index contributed by atoms with van der Waals surface area (Å²) in [4.78, 5) is 16.3. The summed E-state index contributed by atoms with van der Waals surface area (Å²) in [7, 11) is 0. The molecular weight excluding hydrogens is 290 g/mol. The van der Waals surface area contributed by atoms with Gasteiger partial charge >= 0.3 is 0 Å². The van der Waals surface area contributed by atoms with Gasteiger partial charge in [-0.05, 0) is 61.7 Å². The van der Waals surface area contributed by atoms with Crippen LogP contribution in [0.4, 0.5) is 0 Å².